The van der Waals surface area contributed by atoms with Crippen LogP contribution in [-0.2, 0) is 11.2 Å². The molecule has 5 heteroatoms. The average molecular weight is 315 g/mol. The van der Waals surface area contributed by atoms with Crippen LogP contribution in [0.3, 0.4) is 0 Å². The fraction of sp³-hybridized carbons (Fsp3) is 0.385. The maximum absolute atomic E-state index is 11.5. The van der Waals surface area contributed by atoms with Gasteiger partial charge < -0.3 is 9.84 Å². The lowest BCUT2D eigenvalue weighted by Crippen LogP contribution is -2.09. The van der Waals surface area contributed by atoms with E-state index in [2.05, 4.69) is 15.9 Å². The third-order valence-electron chi connectivity index (χ3n) is 2.43. The number of esters is 1. The molecule has 1 N–H and O–H groups in total. The Hall–Kier alpha value is -1.36. The van der Waals surface area contributed by atoms with Crippen LogP contribution in [0.2, 0.25) is 0 Å². The van der Waals surface area contributed by atoms with Gasteiger partial charge in [-0.1, -0.05) is 22.0 Å². The number of hydrogen-bond donors (Lipinski definition) is 1. The van der Waals surface area contributed by atoms with Crippen molar-refractivity contribution in [2.75, 3.05) is 11.9 Å². The van der Waals surface area contributed by atoms with Gasteiger partial charge in [0.1, 0.15) is 0 Å². The van der Waals surface area contributed by atoms with Crippen LogP contribution in [-0.4, -0.2) is 29.0 Å². The minimum Gasteiger partial charge on any atom is -0.478 e. The lowest BCUT2D eigenvalue weighted by molar-refractivity contribution is 0.0526. The van der Waals surface area contributed by atoms with E-state index in [0.717, 1.165) is 17.3 Å². The Morgan fingerprint density at radius 2 is 2.11 bits per heavy atom. The third-order valence-corrected chi connectivity index (χ3v) is 2.99. The first kappa shape index (κ1) is 14.7. The van der Waals surface area contributed by atoms with Crippen LogP contribution in [0, 0.1) is 0 Å². The summed E-state index contributed by atoms with van der Waals surface area (Å²) in [7, 11) is 0. The highest BCUT2D eigenvalue weighted by atomic mass is 79.9. The van der Waals surface area contributed by atoms with Crippen LogP contribution >= 0.6 is 15.9 Å². The summed E-state index contributed by atoms with van der Waals surface area (Å²) < 4.78 is 4.84. The van der Waals surface area contributed by atoms with Gasteiger partial charge in [0.15, 0.2) is 0 Å². The number of carboxylic acids is 1. The zero-order chi connectivity index (χ0) is 13.5. The van der Waals surface area contributed by atoms with Crippen molar-refractivity contribution in [3.63, 3.8) is 0 Å². The normalized spacial score (nSPS) is 10.1. The lowest BCUT2D eigenvalue weighted by Gasteiger charge is -2.08. The molecule has 0 aliphatic rings. The van der Waals surface area contributed by atoms with Gasteiger partial charge in [-0.3, -0.25) is 0 Å². The molecule has 1 aromatic carbocycles. The summed E-state index contributed by atoms with van der Waals surface area (Å²) in [6.07, 6.45) is 1.51. The number of ether oxygens (including phenoxy) is 1. The summed E-state index contributed by atoms with van der Waals surface area (Å²) in [6.45, 7) is 1.98. The van der Waals surface area contributed by atoms with E-state index in [1.807, 2.05) is 0 Å². The van der Waals surface area contributed by atoms with Gasteiger partial charge in [0.05, 0.1) is 17.7 Å². The summed E-state index contributed by atoms with van der Waals surface area (Å²) in [5, 5.41) is 9.95. The maximum atomic E-state index is 11.5. The molecule has 0 amide bonds. The molecule has 18 heavy (non-hydrogen) atoms. The Labute approximate surface area is 114 Å². The van der Waals surface area contributed by atoms with Gasteiger partial charge in [-0.05, 0) is 37.5 Å². The van der Waals surface area contributed by atoms with Crippen molar-refractivity contribution in [1.29, 1.82) is 0 Å². The molecule has 0 fully saturated rings. The van der Waals surface area contributed by atoms with Crippen LogP contribution in [0.15, 0.2) is 18.2 Å². The van der Waals surface area contributed by atoms with Gasteiger partial charge in [-0.2, -0.15) is 0 Å². The number of carbonyl (C=O) groups excluding carboxylic acids is 1. The van der Waals surface area contributed by atoms with E-state index in [-0.39, 0.29) is 17.7 Å². The molecule has 1 aromatic rings. The SMILES string of the molecule is CCOC(=O)c1ccc(CCCBr)c(C(=O)O)c1. The Kier molecular flexibility index (Phi) is 5.85. The van der Waals surface area contributed by atoms with Crippen molar-refractivity contribution in [3.8, 4) is 0 Å². The first-order valence-electron chi connectivity index (χ1n) is 5.69. The molecule has 0 spiro atoms. The van der Waals surface area contributed by atoms with E-state index < -0.39 is 11.9 Å². The highest BCUT2D eigenvalue weighted by Crippen LogP contribution is 2.15. The topological polar surface area (TPSA) is 63.6 Å². The van der Waals surface area contributed by atoms with Crippen molar-refractivity contribution < 1.29 is 19.4 Å². The van der Waals surface area contributed by atoms with Crippen molar-refractivity contribution in [1.82, 2.24) is 0 Å². The smallest absolute Gasteiger partial charge is 0.338 e. The minimum absolute atomic E-state index is 0.168. The molecule has 0 heterocycles. The van der Waals surface area contributed by atoms with E-state index in [4.69, 9.17) is 9.84 Å². The van der Waals surface area contributed by atoms with E-state index >= 15 is 0 Å². The van der Waals surface area contributed by atoms with Crippen molar-refractivity contribution in [2.24, 2.45) is 0 Å². The molecular formula is C13H15BrO4. The van der Waals surface area contributed by atoms with E-state index in [0.29, 0.717) is 6.42 Å². The van der Waals surface area contributed by atoms with Crippen LogP contribution in [0.1, 0.15) is 39.6 Å². The van der Waals surface area contributed by atoms with Gasteiger partial charge >= 0.3 is 11.9 Å². The molecule has 0 bridgehead atoms. The monoisotopic (exact) mass is 314 g/mol. The number of benzene rings is 1. The number of carboxylic acid groups (broad SMARTS) is 1. The number of aromatic carboxylic acids is 1. The van der Waals surface area contributed by atoms with Gasteiger partial charge in [0, 0.05) is 5.33 Å². The summed E-state index contributed by atoms with van der Waals surface area (Å²) in [5.41, 5.74) is 1.17. The van der Waals surface area contributed by atoms with Crippen LogP contribution in [0.4, 0.5) is 0 Å². The molecule has 0 atom stereocenters. The summed E-state index contributed by atoms with van der Waals surface area (Å²) in [4.78, 5) is 22.7. The van der Waals surface area contributed by atoms with Crippen LogP contribution < -0.4 is 0 Å². The van der Waals surface area contributed by atoms with Crippen molar-refractivity contribution >= 4 is 27.9 Å². The van der Waals surface area contributed by atoms with E-state index in [1.165, 1.54) is 6.07 Å². The second kappa shape index (κ2) is 7.16. The highest BCUT2D eigenvalue weighted by molar-refractivity contribution is 9.09. The zero-order valence-electron chi connectivity index (χ0n) is 10.1. The second-order valence-electron chi connectivity index (χ2n) is 3.69. The Morgan fingerprint density at radius 1 is 1.39 bits per heavy atom. The number of alkyl halides is 1. The lowest BCUT2D eigenvalue weighted by atomic mass is 10.0. The molecule has 1 rings (SSSR count). The fourth-order valence-corrected chi connectivity index (χ4v) is 1.87. The quantitative estimate of drug-likeness (QED) is 0.647. The van der Waals surface area contributed by atoms with Crippen LogP contribution in [0.5, 0.6) is 0 Å². The molecule has 0 saturated carbocycles. The van der Waals surface area contributed by atoms with Crippen molar-refractivity contribution in [3.05, 3.63) is 34.9 Å². The molecule has 98 valence electrons. The Bertz CT molecular complexity index is 443. The molecule has 0 aliphatic carbocycles. The predicted molar refractivity (Wildman–Crippen MR) is 71.5 cm³/mol. The van der Waals surface area contributed by atoms with Crippen LogP contribution in [0.25, 0.3) is 0 Å². The Morgan fingerprint density at radius 3 is 2.67 bits per heavy atom. The maximum Gasteiger partial charge on any atom is 0.338 e. The number of carbonyl (C=O) groups is 2. The first-order chi connectivity index (χ1) is 8.60. The average Bonchev–Trinajstić information content (AvgIpc) is 2.36. The first-order valence-corrected chi connectivity index (χ1v) is 6.81. The van der Waals surface area contributed by atoms with Gasteiger partial charge in [-0.25, -0.2) is 9.59 Å². The van der Waals surface area contributed by atoms with E-state index in [9.17, 15) is 9.59 Å². The molecule has 0 unspecified atom stereocenters. The molecule has 0 aliphatic heterocycles. The standard InChI is InChI=1S/C13H15BrO4/c1-2-18-13(17)10-6-5-9(4-3-7-14)11(8-10)12(15)16/h5-6,8H,2-4,7H2,1H3,(H,15,16). The predicted octanol–water partition coefficient (Wildman–Crippen LogP) is 2.89. The molecular weight excluding hydrogens is 300 g/mol. The fourth-order valence-electron chi connectivity index (χ4n) is 1.59. The number of aryl methyl sites for hydroxylation is 1. The second-order valence-corrected chi connectivity index (χ2v) is 4.48. The summed E-state index contributed by atoms with van der Waals surface area (Å²) >= 11 is 3.31. The molecule has 4 nitrogen and oxygen atoms in total. The zero-order valence-corrected chi connectivity index (χ0v) is 11.7. The number of rotatable bonds is 6. The van der Waals surface area contributed by atoms with Gasteiger partial charge in [0.2, 0.25) is 0 Å². The summed E-state index contributed by atoms with van der Waals surface area (Å²) in [5.74, 6) is -1.52. The molecule has 0 saturated heterocycles. The number of halogens is 1. The minimum atomic E-state index is -1.02. The van der Waals surface area contributed by atoms with E-state index in [1.54, 1.807) is 19.1 Å². The third kappa shape index (κ3) is 3.84. The van der Waals surface area contributed by atoms with Gasteiger partial charge in [0.25, 0.3) is 0 Å². The molecule has 0 aromatic heterocycles. The van der Waals surface area contributed by atoms with Crippen molar-refractivity contribution in [2.45, 2.75) is 19.8 Å². The number of hydrogen-bond acceptors (Lipinski definition) is 3. The Balaban J connectivity index is 3.03. The molecule has 0 radical (unpaired) electrons. The van der Waals surface area contributed by atoms with Gasteiger partial charge in [-0.15, -0.1) is 0 Å². The largest absolute Gasteiger partial charge is 0.478 e. The summed E-state index contributed by atoms with van der Waals surface area (Å²) in [6, 6.07) is 4.66. The highest BCUT2D eigenvalue weighted by Gasteiger charge is 2.14.